The molecule has 8 heteroatoms. The van der Waals surface area contributed by atoms with Crippen LogP contribution in [-0.2, 0) is 16.6 Å². The zero-order chi connectivity index (χ0) is 21.0. The summed E-state index contributed by atoms with van der Waals surface area (Å²) in [6.07, 6.45) is 1.03. The Balaban J connectivity index is 2.01. The van der Waals surface area contributed by atoms with Crippen molar-refractivity contribution in [3.05, 3.63) is 95.6 Å². The third kappa shape index (κ3) is 4.78. The molecular weight excluding hydrogens is 398 g/mol. The Morgan fingerprint density at radius 1 is 0.897 bits per heavy atom. The maximum Gasteiger partial charge on any atom is 0.257 e. The summed E-state index contributed by atoms with van der Waals surface area (Å²) >= 11 is 0. The zero-order valence-electron chi connectivity index (χ0n) is 15.5. The summed E-state index contributed by atoms with van der Waals surface area (Å²) in [5, 5.41) is 2.19. The third-order valence-corrected chi connectivity index (χ3v) is 5.31. The van der Waals surface area contributed by atoms with Gasteiger partial charge in [-0.2, -0.15) is 0 Å². The summed E-state index contributed by atoms with van der Waals surface area (Å²) in [6.45, 7) is -0.00196. The van der Waals surface area contributed by atoms with E-state index >= 15 is 0 Å². The number of benzene rings is 3. The second-order valence-electron chi connectivity index (χ2n) is 6.32. The molecule has 0 radical (unpaired) electrons. The molecule has 1 amide bonds. The van der Waals surface area contributed by atoms with Crippen LogP contribution < -0.4 is 9.62 Å². The maximum absolute atomic E-state index is 13.9. The van der Waals surface area contributed by atoms with Gasteiger partial charge in [0.2, 0.25) is 10.0 Å². The molecule has 0 aliphatic carbocycles. The van der Waals surface area contributed by atoms with Crippen LogP contribution >= 0.6 is 0 Å². The topological polar surface area (TPSA) is 66.5 Å². The van der Waals surface area contributed by atoms with Crippen molar-refractivity contribution in [3.8, 4) is 0 Å². The molecule has 1 N–H and O–H groups in total. The van der Waals surface area contributed by atoms with E-state index in [0.29, 0.717) is 5.56 Å². The molecule has 0 heterocycles. The average Bonchev–Trinajstić information content (AvgIpc) is 2.69. The Morgan fingerprint density at radius 3 is 2.10 bits per heavy atom. The summed E-state index contributed by atoms with van der Waals surface area (Å²) in [5.41, 5.74) is 0.194. The van der Waals surface area contributed by atoms with Crippen molar-refractivity contribution in [3.63, 3.8) is 0 Å². The number of nitrogens with zero attached hydrogens (tertiary/aromatic N) is 1. The van der Waals surface area contributed by atoms with Gasteiger partial charge in [0, 0.05) is 0 Å². The van der Waals surface area contributed by atoms with E-state index in [1.54, 1.807) is 42.5 Å². The van der Waals surface area contributed by atoms with Gasteiger partial charge in [-0.3, -0.25) is 9.10 Å². The van der Waals surface area contributed by atoms with Crippen molar-refractivity contribution < 1.29 is 22.0 Å². The molecule has 0 bridgehead atoms. The molecule has 0 aliphatic heterocycles. The predicted octanol–water partition coefficient (Wildman–Crippen LogP) is 4.18. The van der Waals surface area contributed by atoms with E-state index in [1.807, 2.05) is 0 Å². The van der Waals surface area contributed by atoms with Gasteiger partial charge >= 0.3 is 0 Å². The summed E-state index contributed by atoms with van der Waals surface area (Å²) in [6, 6.07) is 18.1. The number of amides is 1. The lowest BCUT2D eigenvalue weighted by atomic mass is 10.1. The van der Waals surface area contributed by atoms with E-state index in [1.165, 1.54) is 18.2 Å². The van der Waals surface area contributed by atoms with Crippen LogP contribution in [0.4, 0.5) is 20.2 Å². The van der Waals surface area contributed by atoms with Crippen molar-refractivity contribution in [1.29, 1.82) is 0 Å². The smallest absolute Gasteiger partial charge is 0.257 e. The standard InChI is InChI=1S/C21H18F2N2O3S/c1-29(27,28)25(14-15-8-3-2-4-9-15)19-13-6-5-10-16(19)21(26)24-20-17(22)11-7-12-18(20)23/h2-13H,14H2,1H3,(H,24,26). The van der Waals surface area contributed by atoms with E-state index in [2.05, 4.69) is 5.32 Å². The SMILES string of the molecule is CS(=O)(=O)N(Cc1ccccc1)c1ccccc1C(=O)Nc1c(F)cccc1F. The quantitative estimate of drug-likeness (QED) is 0.656. The molecule has 0 spiro atoms. The zero-order valence-corrected chi connectivity index (χ0v) is 16.3. The molecular formula is C21H18F2N2O3S. The minimum Gasteiger partial charge on any atom is -0.317 e. The molecule has 0 unspecified atom stereocenters. The molecule has 3 aromatic carbocycles. The predicted molar refractivity (Wildman–Crippen MR) is 108 cm³/mol. The number of anilines is 2. The van der Waals surface area contributed by atoms with Crippen LogP contribution in [0.5, 0.6) is 0 Å². The molecule has 3 rings (SSSR count). The van der Waals surface area contributed by atoms with Crippen LogP contribution in [0.1, 0.15) is 15.9 Å². The fraction of sp³-hybridized carbons (Fsp3) is 0.0952. The van der Waals surface area contributed by atoms with Crippen molar-refractivity contribution in [2.24, 2.45) is 0 Å². The number of hydrogen-bond donors (Lipinski definition) is 1. The van der Waals surface area contributed by atoms with Gasteiger partial charge in [-0.1, -0.05) is 48.5 Å². The number of carbonyl (C=O) groups is 1. The van der Waals surface area contributed by atoms with Crippen molar-refractivity contribution >= 4 is 27.3 Å². The van der Waals surface area contributed by atoms with Crippen molar-refractivity contribution in [2.75, 3.05) is 15.9 Å². The minimum atomic E-state index is -3.76. The van der Waals surface area contributed by atoms with E-state index in [4.69, 9.17) is 0 Å². The van der Waals surface area contributed by atoms with Crippen LogP contribution in [-0.4, -0.2) is 20.6 Å². The number of nitrogens with one attached hydrogen (secondary N) is 1. The van der Waals surface area contributed by atoms with Gasteiger partial charge in [0.15, 0.2) is 0 Å². The first-order valence-electron chi connectivity index (χ1n) is 8.63. The van der Waals surface area contributed by atoms with Crippen LogP contribution in [0, 0.1) is 11.6 Å². The van der Waals surface area contributed by atoms with Gasteiger partial charge in [-0.05, 0) is 29.8 Å². The molecule has 0 fully saturated rings. The highest BCUT2D eigenvalue weighted by molar-refractivity contribution is 7.92. The van der Waals surface area contributed by atoms with E-state index in [-0.39, 0.29) is 17.8 Å². The van der Waals surface area contributed by atoms with Gasteiger partial charge in [0.25, 0.3) is 5.91 Å². The second kappa shape index (κ2) is 8.40. The fourth-order valence-corrected chi connectivity index (χ4v) is 3.71. The molecule has 0 aliphatic rings. The van der Waals surface area contributed by atoms with Gasteiger partial charge in [0.1, 0.15) is 17.3 Å². The molecule has 0 saturated heterocycles. The highest BCUT2D eigenvalue weighted by Crippen LogP contribution is 2.27. The lowest BCUT2D eigenvalue weighted by molar-refractivity contribution is 0.102. The Kier molecular flexibility index (Phi) is 5.93. The summed E-state index contributed by atoms with van der Waals surface area (Å²) in [4.78, 5) is 12.8. The monoisotopic (exact) mass is 416 g/mol. The number of hydrogen-bond acceptors (Lipinski definition) is 3. The Morgan fingerprint density at radius 2 is 1.48 bits per heavy atom. The Bertz CT molecular complexity index is 1120. The van der Waals surface area contributed by atoms with Crippen LogP contribution in [0.25, 0.3) is 0 Å². The van der Waals surface area contributed by atoms with E-state index < -0.39 is 33.3 Å². The molecule has 150 valence electrons. The molecule has 5 nitrogen and oxygen atoms in total. The molecule has 0 aromatic heterocycles. The Labute approximate surface area is 167 Å². The van der Waals surface area contributed by atoms with Crippen molar-refractivity contribution in [1.82, 2.24) is 0 Å². The number of para-hydroxylation sites is 2. The minimum absolute atomic E-state index is 0.00196. The first-order valence-corrected chi connectivity index (χ1v) is 10.5. The lowest BCUT2D eigenvalue weighted by Crippen LogP contribution is -2.31. The highest BCUT2D eigenvalue weighted by Gasteiger charge is 2.24. The molecule has 0 atom stereocenters. The fourth-order valence-electron chi connectivity index (χ4n) is 2.81. The van der Waals surface area contributed by atoms with Crippen molar-refractivity contribution in [2.45, 2.75) is 6.54 Å². The van der Waals surface area contributed by atoms with Gasteiger partial charge in [-0.15, -0.1) is 0 Å². The summed E-state index contributed by atoms with van der Waals surface area (Å²) < 4.78 is 53.8. The Hall–Kier alpha value is -3.26. The normalized spacial score (nSPS) is 11.1. The van der Waals surface area contributed by atoms with Crippen LogP contribution in [0.15, 0.2) is 72.8 Å². The van der Waals surface area contributed by atoms with Gasteiger partial charge in [0.05, 0.1) is 24.1 Å². The first kappa shape index (κ1) is 20.5. The van der Waals surface area contributed by atoms with Crippen LogP contribution in [0.2, 0.25) is 0 Å². The number of sulfonamides is 1. The molecule has 0 saturated carbocycles. The molecule has 29 heavy (non-hydrogen) atoms. The maximum atomic E-state index is 13.9. The van der Waals surface area contributed by atoms with E-state index in [9.17, 15) is 22.0 Å². The summed E-state index contributed by atoms with van der Waals surface area (Å²) in [5.74, 6) is -2.69. The number of rotatable bonds is 6. The van der Waals surface area contributed by atoms with E-state index in [0.717, 1.165) is 22.7 Å². The average molecular weight is 416 g/mol. The number of halogens is 2. The second-order valence-corrected chi connectivity index (χ2v) is 8.23. The molecule has 3 aromatic rings. The first-order chi connectivity index (χ1) is 13.8. The largest absolute Gasteiger partial charge is 0.317 e. The van der Waals surface area contributed by atoms with Gasteiger partial charge in [-0.25, -0.2) is 17.2 Å². The van der Waals surface area contributed by atoms with Gasteiger partial charge < -0.3 is 5.32 Å². The number of carbonyl (C=O) groups excluding carboxylic acids is 1. The lowest BCUT2D eigenvalue weighted by Gasteiger charge is -2.25. The highest BCUT2D eigenvalue weighted by atomic mass is 32.2. The third-order valence-electron chi connectivity index (χ3n) is 4.19. The van der Waals surface area contributed by atoms with Crippen LogP contribution in [0.3, 0.4) is 0 Å². The summed E-state index contributed by atoms with van der Waals surface area (Å²) in [7, 11) is -3.76.